The lowest BCUT2D eigenvalue weighted by atomic mass is 9.76. The Bertz CT molecular complexity index is 367. The molecule has 2 N–H and O–H groups in total. The van der Waals surface area contributed by atoms with Crippen molar-refractivity contribution >= 4 is 0 Å². The van der Waals surface area contributed by atoms with Crippen molar-refractivity contribution in [2.45, 2.75) is 32.6 Å². The standard InChI is InChI=1S/C13H23N3O/c1-3-11-8-12(16(2)15-11)9-13(10-17)4-6-14-7-5-13/h8,14,17H,3-7,9-10H2,1-2H3. The summed E-state index contributed by atoms with van der Waals surface area (Å²) in [7, 11) is 2.00. The lowest BCUT2D eigenvalue weighted by molar-refractivity contribution is 0.0874. The highest BCUT2D eigenvalue weighted by atomic mass is 16.3. The van der Waals surface area contributed by atoms with Crippen molar-refractivity contribution in [1.82, 2.24) is 15.1 Å². The molecular weight excluding hydrogens is 214 g/mol. The monoisotopic (exact) mass is 237 g/mol. The Morgan fingerprint density at radius 2 is 2.18 bits per heavy atom. The van der Waals surface area contributed by atoms with E-state index in [-0.39, 0.29) is 12.0 Å². The second-order valence-corrected chi connectivity index (χ2v) is 5.19. The van der Waals surface area contributed by atoms with Crippen LogP contribution in [0.4, 0.5) is 0 Å². The van der Waals surface area contributed by atoms with Crippen molar-refractivity contribution in [3.05, 3.63) is 17.5 Å². The van der Waals surface area contributed by atoms with E-state index in [9.17, 15) is 5.11 Å². The normalized spacial score (nSPS) is 19.5. The first-order valence-corrected chi connectivity index (χ1v) is 6.52. The van der Waals surface area contributed by atoms with Gasteiger partial charge in [0.2, 0.25) is 0 Å². The van der Waals surface area contributed by atoms with E-state index >= 15 is 0 Å². The van der Waals surface area contributed by atoms with Crippen LogP contribution in [0.2, 0.25) is 0 Å². The third-order valence-corrected chi connectivity index (χ3v) is 3.95. The van der Waals surface area contributed by atoms with Gasteiger partial charge in [-0.1, -0.05) is 6.92 Å². The number of nitrogens with zero attached hydrogens (tertiary/aromatic N) is 2. The molecule has 0 radical (unpaired) electrons. The minimum absolute atomic E-state index is 0.0596. The van der Waals surface area contributed by atoms with Crippen LogP contribution in [0.3, 0.4) is 0 Å². The summed E-state index contributed by atoms with van der Waals surface area (Å²) >= 11 is 0. The first-order valence-electron chi connectivity index (χ1n) is 6.52. The minimum Gasteiger partial charge on any atom is -0.396 e. The Balaban J connectivity index is 2.14. The maximum atomic E-state index is 9.70. The van der Waals surface area contributed by atoms with Gasteiger partial charge in [-0.25, -0.2) is 0 Å². The molecule has 4 nitrogen and oxygen atoms in total. The molecule has 0 unspecified atom stereocenters. The molecule has 0 aliphatic carbocycles. The van der Waals surface area contributed by atoms with Crippen molar-refractivity contribution in [2.24, 2.45) is 12.5 Å². The van der Waals surface area contributed by atoms with Gasteiger partial charge in [-0.3, -0.25) is 4.68 Å². The number of nitrogens with one attached hydrogen (secondary N) is 1. The van der Waals surface area contributed by atoms with Gasteiger partial charge in [0.15, 0.2) is 0 Å². The molecule has 1 aromatic heterocycles. The van der Waals surface area contributed by atoms with Crippen molar-refractivity contribution in [2.75, 3.05) is 19.7 Å². The van der Waals surface area contributed by atoms with E-state index in [4.69, 9.17) is 0 Å². The maximum Gasteiger partial charge on any atom is 0.0624 e. The lowest BCUT2D eigenvalue weighted by Gasteiger charge is -2.36. The molecule has 0 amide bonds. The van der Waals surface area contributed by atoms with Crippen LogP contribution < -0.4 is 5.32 Å². The topological polar surface area (TPSA) is 50.1 Å². The summed E-state index contributed by atoms with van der Waals surface area (Å²) in [6.07, 6.45) is 4.02. The Labute approximate surface area is 103 Å². The molecule has 96 valence electrons. The molecule has 0 aromatic carbocycles. The molecule has 2 heterocycles. The molecular formula is C13H23N3O. The number of hydrogen-bond acceptors (Lipinski definition) is 3. The SMILES string of the molecule is CCc1cc(CC2(CO)CCNCC2)n(C)n1. The highest BCUT2D eigenvalue weighted by Gasteiger charge is 2.32. The van der Waals surface area contributed by atoms with Gasteiger partial charge in [-0.05, 0) is 44.8 Å². The number of aliphatic hydroxyl groups is 1. The highest BCUT2D eigenvalue weighted by Crippen LogP contribution is 2.32. The predicted octanol–water partition coefficient (Wildman–Crippen LogP) is 0.887. The summed E-state index contributed by atoms with van der Waals surface area (Å²) in [5.74, 6) is 0. The average molecular weight is 237 g/mol. The van der Waals surface area contributed by atoms with Crippen molar-refractivity contribution in [3.63, 3.8) is 0 Å². The Morgan fingerprint density at radius 3 is 2.71 bits per heavy atom. The van der Waals surface area contributed by atoms with E-state index in [1.54, 1.807) is 0 Å². The average Bonchev–Trinajstić information content (AvgIpc) is 2.71. The lowest BCUT2D eigenvalue weighted by Crippen LogP contribution is -2.41. The Kier molecular flexibility index (Phi) is 3.84. The van der Waals surface area contributed by atoms with Crippen LogP contribution in [0.5, 0.6) is 0 Å². The second kappa shape index (κ2) is 5.19. The van der Waals surface area contributed by atoms with E-state index < -0.39 is 0 Å². The fraction of sp³-hybridized carbons (Fsp3) is 0.769. The summed E-state index contributed by atoms with van der Waals surface area (Å²) in [5.41, 5.74) is 2.45. The fourth-order valence-corrected chi connectivity index (χ4v) is 2.64. The predicted molar refractivity (Wildman–Crippen MR) is 67.9 cm³/mol. The summed E-state index contributed by atoms with van der Waals surface area (Å²) in [6.45, 7) is 4.43. The van der Waals surface area contributed by atoms with Gasteiger partial charge in [0.05, 0.1) is 5.69 Å². The summed E-state index contributed by atoms with van der Waals surface area (Å²) in [5, 5.41) is 17.5. The van der Waals surface area contributed by atoms with Crippen LogP contribution in [0.25, 0.3) is 0 Å². The van der Waals surface area contributed by atoms with Crippen LogP contribution in [0, 0.1) is 5.41 Å². The van der Waals surface area contributed by atoms with Crippen LogP contribution in [0.15, 0.2) is 6.07 Å². The van der Waals surface area contributed by atoms with Gasteiger partial charge in [0.25, 0.3) is 0 Å². The number of aryl methyl sites for hydroxylation is 2. The Morgan fingerprint density at radius 1 is 1.47 bits per heavy atom. The van der Waals surface area contributed by atoms with E-state index in [1.807, 2.05) is 11.7 Å². The zero-order valence-electron chi connectivity index (χ0n) is 10.9. The number of piperidine rings is 1. The molecule has 4 heteroatoms. The molecule has 1 fully saturated rings. The number of rotatable bonds is 4. The van der Waals surface area contributed by atoms with Gasteiger partial charge in [0.1, 0.15) is 0 Å². The quantitative estimate of drug-likeness (QED) is 0.817. The molecule has 1 aliphatic heterocycles. The van der Waals surface area contributed by atoms with E-state index in [0.29, 0.717) is 0 Å². The molecule has 0 bridgehead atoms. The van der Waals surface area contributed by atoms with Crippen LogP contribution in [-0.2, 0) is 19.9 Å². The smallest absolute Gasteiger partial charge is 0.0624 e. The number of aromatic nitrogens is 2. The van der Waals surface area contributed by atoms with Crippen LogP contribution in [0.1, 0.15) is 31.2 Å². The van der Waals surface area contributed by atoms with Crippen molar-refractivity contribution in [1.29, 1.82) is 0 Å². The third-order valence-electron chi connectivity index (χ3n) is 3.95. The first-order chi connectivity index (χ1) is 8.19. The molecule has 0 saturated carbocycles. The number of aliphatic hydroxyl groups excluding tert-OH is 1. The van der Waals surface area contributed by atoms with Gasteiger partial charge in [-0.15, -0.1) is 0 Å². The summed E-state index contributed by atoms with van der Waals surface area (Å²) in [4.78, 5) is 0. The largest absolute Gasteiger partial charge is 0.396 e. The Hall–Kier alpha value is -0.870. The highest BCUT2D eigenvalue weighted by molar-refractivity contribution is 5.12. The molecule has 0 atom stereocenters. The summed E-state index contributed by atoms with van der Waals surface area (Å²) < 4.78 is 1.97. The maximum absolute atomic E-state index is 9.70. The van der Waals surface area contributed by atoms with Crippen molar-refractivity contribution < 1.29 is 5.11 Å². The molecule has 1 aliphatic rings. The van der Waals surface area contributed by atoms with Crippen LogP contribution in [-0.4, -0.2) is 34.6 Å². The zero-order valence-corrected chi connectivity index (χ0v) is 10.9. The van der Waals surface area contributed by atoms with E-state index in [0.717, 1.165) is 44.5 Å². The molecule has 1 saturated heterocycles. The summed E-state index contributed by atoms with van der Waals surface area (Å²) in [6, 6.07) is 2.18. The molecule has 0 spiro atoms. The zero-order chi connectivity index (χ0) is 12.3. The van der Waals surface area contributed by atoms with E-state index in [2.05, 4.69) is 23.4 Å². The van der Waals surface area contributed by atoms with Crippen LogP contribution >= 0.6 is 0 Å². The van der Waals surface area contributed by atoms with Gasteiger partial charge in [-0.2, -0.15) is 5.10 Å². The van der Waals surface area contributed by atoms with Crippen molar-refractivity contribution in [3.8, 4) is 0 Å². The third kappa shape index (κ3) is 2.69. The number of hydrogen-bond donors (Lipinski definition) is 2. The fourth-order valence-electron chi connectivity index (χ4n) is 2.64. The van der Waals surface area contributed by atoms with Gasteiger partial charge in [0, 0.05) is 24.8 Å². The van der Waals surface area contributed by atoms with Gasteiger partial charge < -0.3 is 10.4 Å². The van der Waals surface area contributed by atoms with Gasteiger partial charge >= 0.3 is 0 Å². The second-order valence-electron chi connectivity index (χ2n) is 5.19. The first kappa shape index (κ1) is 12.6. The molecule has 17 heavy (non-hydrogen) atoms. The minimum atomic E-state index is 0.0596. The van der Waals surface area contributed by atoms with E-state index in [1.165, 1.54) is 5.69 Å². The molecule has 1 aromatic rings. The molecule has 2 rings (SSSR count).